The highest BCUT2D eigenvalue weighted by molar-refractivity contribution is 5.92. The van der Waals surface area contributed by atoms with Crippen molar-refractivity contribution >= 4 is 5.97 Å². The van der Waals surface area contributed by atoms with Gasteiger partial charge in [0.15, 0.2) is 5.69 Å². The van der Waals surface area contributed by atoms with E-state index in [1.807, 2.05) is 12.1 Å². The van der Waals surface area contributed by atoms with Gasteiger partial charge in [-0.25, -0.2) is 9.48 Å². The summed E-state index contributed by atoms with van der Waals surface area (Å²) in [5.74, 6) is -1.11. The molecule has 3 rings (SSSR count). The predicted molar refractivity (Wildman–Crippen MR) is 73.6 cm³/mol. The standard InChI is InChI=1S/C14H11N5O2/c20-14(21)12-13(11-3-6-15-7-4-11)19(18-17-12)9-10-2-1-5-16-8-10/h1-8H,9H2,(H,20,21). The van der Waals surface area contributed by atoms with Crippen LogP contribution in [0.25, 0.3) is 11.3 Å². The van der Waals surface area contributed by atoms with Gasteiger partial charge in [0.2, 0.25) is 0 Å². The van der Waals surface area contributed by atoms with Crippen LogP contribution in [0.5, 0.6) is 0 Å². The summed E-state index contributed by atoms with van der Waals surface area (Å²) in [5.41, 5.74) is 1.99. The van der Waals surface area contributed by atoms with Gasteiger partial charge in [0.1, 0.15) is 5.69 Å². The van der Waals surface area contributed by atoms with Crippen molar-refractivity contribution in [1.29, 1.82) is 0 Å². The first-order valence-electron chi connectivity index (χ1n) is 6.22. The van der Waals surface area contributed by atoms with Gasteiger partial charge in [-0.2, -0.15) is 0 Å². The quantitative estimate of drug-likeness (QED) is 0.778. The Balaban J connectivity index is 2.07. The summed E-state index contributed by atoms with van der Waals surface area (Å²) >= 11 is 0. The van der Waals surface area contributed by atoms with E-state index in [-0.39, 0.29) is 5.69 Å². The summed E-state index contributed by atoms with van der Waals surface area (Å²) < 4.78 is 1.55. The SMILES string of the molecule is O=C(O)c1nnn(Cc2cccnc2)c1-c1ccncc1. The molecule has 7 nitrogen and oxygen atoms in total. The predicted octanol–water partition coefficient (Wildman–Crippen LogP) is 1.48. The van der Waals surface area contributed by atoms with Crippen LogP contribution in [0.15, 0.2) is 49.1 Å². The molecule has 0 bridgehead atoms. The Labute approximate surface area is 119 Å². The van der Waals surface area contributed by atoms with Gasteiger partial charge in [-0.05, 0) is 23.8 Å². The fourth-order valence-corrected chi connectivity index (χ4v) is 2.03. The second kappa shape index (κ2) is 5.49. The minimum absolute atomic E-state index is 0.0786. The number of rotatable bonds is 4. The Morgan fingerprint density at radius 3 is 2.62 bits per heavy atom. The average Bonchev–Trinajstić information content (AvgIpc) is 2.93. The number of hydrogen-bond acceptors (Lipinski definition) is 5. The zero-order chi connectivity index (χ0) is 14.7. The van der Waals surface area contributed by atoms with E-state index >= 15 is 0 Å². The topological polar surface area (TPSA) is 93.8 Å². The van der Waals surface area contributed by atoms with E-state index < -0.39 is 5.97 Å². The molecular formula is C14H11N5O2. The monoisotopic (exact) mass is 281 g/mol. The van der Waals surface area contributed by atoms with E-state index in [0.717, 1.165) is 5.56 Å². The van der Waals surface area contributed by atoms with Crippen molar-refractivity contribution in [2.24, 2.45) is 0 Å². The molecule has 3 aromatic rings. The smallest absolute Gasteiger partial charge is 0.358 e. The molecule has 3 aromatic heterocycles. The number of nitrogens with zero attached hydrogens (tertiary/aromatic N) is 5. The molecule has 0 amide bonds. The summed E-state index contributed by atoms with van der Waals surface area (Å²) in [5, 5.41) is 17.0. The zero-order valence-corrected chi connectivity index (χ0v) is 10.9. The third kappa shape index (κ3) is 2.62. The molecular weight excluding hydrogens is 270 g/mol. The van der Waals surface area contributed by atoms with Crippen molar-refractivity contribution in [2.75, 3.05) is 0 Å². The van der Waals surface area contributed by atoms with Crippen LogP contribution in [0, 0.1) is 0 Å². The molecule has 0 aliphatic heterocycles. The Hall–Kier alpha value is -3.09. The van der Waals surface area contributed by atoms with Crippen molar-refractivity contribution in [2.45, 2.75) is 6.54 Å². The van der Waals surface area contributed by atoms with E-state index in [1.54, 1.807) is 41.6 Å². The van der Waals surface area contributed by atoms with Crippen LogP contribution >= 0.6 is 0 Å². The van der Waals surface area contributed by atoms with Gasteiger partial charge in [0, 0.05) is 30.4 Å². The molecule has 0 aliphatic carbocycles. The van der Waals surface area contributed by atoms with Crippen LogP contribution in [-0.2, 0) is 6.54 Å². The molecule has 0 saturated carbocycles. The first kappa shape index (κ1) is 12.9. The van der Waals surface area contributed by atoms with Gasteiger partial charge < -0.3 is 5.11 Å². The van der Waals surface area contributed by atoms with Crippen molar-refractivity contribution in [1.82, 2.24) is 25.0 Å². The summed E-state index contributed by atoms with van der Waals surface area (Å²) in [6, 6.07) is 7.16. The van der Waals surface area contributed by atoms with Crippen LogP contribution in [0.2, 0.25) is 0 Å². The lowest BCUT2D eigenvalue weighted by atomic mass is 10.1. The second-order valence-electron chi connectivity index (χ2n) is 4.35. The molecule has 0 unspecified atom stereocenters. The van der Waals surface area contributed by atoms with E-state index in [0.29, 0.717) is 17.8 Å². The molecule has 0 aliphatic rings. The first-order chi connectivity index (χ1) is 10.3. The average molecular weight is 281 g/mol. The van der Waals surface area contributed by atoms with Gasteiger partial charge in [-0.3, -0.25) is 9.97 Å². The van der Waals surface area contributed by atoms with Crippen molar-refractivity contribution in [3.63, 3.8) is 0 Å². The van der Waals surface area contributed by atoms with Crippen LogP contribution in [0.3, 0.4) is 0 Å². The summed E-state index contributed by atoms with van der Waals surface area (Å²) in [6.07, 6.45) is 6.58. The number of carboxylic acids is 1. The molecule has 1 N–H and O–H groups in total. The van der Waals surface area contributed by atoms with Gasteiger partial charge in [0.05, 0.1) is 6.54 Å². The van der Waals surface area contributed by atoms with Crippen molar-refractivity contribution in [3.8, 4) is 11.3 Å². The van der Waals surface area contributed by atoms with Crippen molar-refractivity contribution < 1.29 is 9.90 Å². The Bertz CT molecular complexity index is 756. The van der Waals surface area contributed by atoms with Crippen LogP contribution < -0.4 is 0 Å². The third-order valence-corrected chi connectivity index (χ3v) is 2.95. The number of hydrogen-bond donors (Lipinski definition) is 1. The maximum atomic E-state index is 11.3. The molecule has 0 atom stereocenters. The highest BCUT2D eigenvalue weighted by Gasteiger charge is 2.20. The molecule has 0 spiro atoms. The summed E-state index contributed by atoms with van der Waals surface area (Å²) in [4.78, 5) is 19.3. The van der Waals surface area contributed by atoms with Gasteiger partial charge >= 0.3 is 5.97 Å². The van der Waals surface area contributed by atoms with Gasteiger partial charge in [-0.15, -0.1) is 5.10 Å². The van der Waals surface area contributed by atoms with E-state index in [9.17, 15) is 9.90 Å². The minimum Gasteiger partial charge on any atom is -0.476 e. The Morgan fingerprint density at radius 2 is 1.95 bits per heavy atom. The summed E-state index contributed by atoms with van der Waals surface area (Å²) in [7, 11) is 0. The lowest BCUT2D eigenvalue weighted by Gasteiger charge is -2.07. The van der Waals surface area contributed by atoms with E-state index in [2.05, 4.69) is 20.3 Å². The normalized spacial score (nSPS) is 10.5. The van der Waals surface area contributed by atoms with Crippen LogP contribution in [-0.4, -0.2) is 36.0 Å². The highest BCUT2D eigenvalue weighted by Crippen LogP contribution is 2.22. The lowest BCUT2D eigenvalue weighted by molar-refractivity contribution is 0.0691. The highest BCUT2D eigenvalue weighted by atomic mass is 16.4. The molecule has 0 saturated heterocycles. The fraction of sp³-hybridized carbons (Fsp3) is 0.0714. The van der Waals surface area contributed by atoms with Crippen LogP contribution in [0.1, 0.15) is 16.1 Å². The summed E-state index contributed by atoms with van der Waals surface area (Å²) in [6.45, 7) is 0.395. The molecule has 0 fully saturated rings. The molecule has 0 radical (unpaired) electrons. The number of carbonyl (C=O) groups is 1. The number of aromatic nitrogens is 5. The van der Waals surface area contributed by atoms with Gasteiger partial charge in [0.25, 0.3) is 0 Å². The largest absolute Gasteiger partial charge is 0.476 e. The minimum atomic E-state index is -1.11. The Kier molecular flexibility index (Phi) is 3.38. The zero-order valence-electron chi connectivity index (χ0n) is 10.9. The lowest BCUT2D eigenvalue weighted by Crippen LogP contribution is -2.06. The molecule has 21 heavy (non-hydrogen) atoms. The first-order valence-corrected chi connectivity index (χ1v) is 6.22. The van der Waals surface area contributed by atoms with E-state index in [4.69, 9.17) is 0 Å². The number of pyridine rings is 2. The number of aromatic carboxylic acids is 1. The molecule has 0 aromatic carbocycles. The van der Waals surface area contributed by atoms with Gasteiger partial charge in [-0.1, -0.05) is 11.3 Å². The third-order valence-electron chi connectivity index (χ3n) is 2.95. The Morgan fingerprint density at radius 1 is 1.14 bits per heavy atom. The number of carboxylic acid groups (broad SMARTS) is 1. The van der Waals surface area contributed by atoms with Crippen LogP contribution in [0.4, 0.5) is 0 Å². The fourth-order valence-electron chi connectivity index (χ4n) is 2.03. The molecule has 3 heterocycles. The second-order valence-corrected chi connectivity index (χ2v) is 4.35. The maximum absolute atomic E-state index is 11.3. The van der Waals surface area contributed by atoms with E-state index in [1.165, 1.54) is 0 Å². The molecule has 7 heteroatoms. The maximum Gasteiger partial charge on any atom is 0.358 e. The van der Waals surface area contributed by atoms with Crippen molar-refractivity contribution in [3.05, 3.63) is 60.3 Å². The molecule has 104 valence electrons.